The van der Waals surface area contributed by atoms with Crippen LogP contribution in [0.2, 0.25) is 0 Å². The Morgan fingerprint density at radius 1 is 1.22 bits per heavy atom. The van der Waals surface area contributed by atoms with Crippen molar-refractivity contribution in [1.82, 2.24) is 15.1 Å². The monoisotopic (exact) mass is 457 g/mol. The lowest BCUT2D eigenvalue weighted by Gasteiger charge is -2.23. The number of hydrogen-bond donors (Lipinski definition) is 1. The zero-order chi connectivity index (χ0) is 22.7. The van der Waals surface area contributed by atoms with Crippen molar-refractivity contribution in [2.75, 3.05) is 19.6 Å². The minimum atomic E-state index is -0.624. The number of nitrogens with zero attached hydrogens (tertiary/aromatic N) is 2. The summed E-state index contributed by atoms with van der Waals surface area (Å²) in [5.74, 6) is -1.36. The lowest BCUT2D eigenvalue weighted by molar-refractivity contribution is -0.126. The lowest BCUT2D eigenvalue weighted by atomic mass is 10.2. The van der Waals surface area contributed by atoms with Crippen molar-refractivity contribution in [3.63, 3.8) is 0 Å². The highest BCUT2D eigenvalue weighted by Crippen LogP contribution is 2.32. The number of hydrogen-bond acceptors (Lipinski definition) is 6. The van der Waals surface area contributed by atoms with E-state index < -0.39 is 23.0 Å². The molecule has 32 heavy (non-hydrogen) atoms. The third-order valence-corrected chi connectivity index (χ3v) is 6.13. The van der Waals surface area contributed by atoms with Gasteiger partial charge in [-0.05, 0) is 60.5 Å². The van der Waals surface area contributed by atoms with E-state index in [2.05, 4.69) is 5.32 Å². The molecule has 1 aromatic carbocycles. The van der Waals surface area contributed by atoms with Crippen LogP contribution in [0.15, 0.2) is 52.0 Å². The molecule has 1 N–H and O–H groups in total. The molecule has 0 saturated carbocycles. The van der Waals surface area contributed by atoms with Gasteiger partial charge in [0.25, 0.3) is 17.1 Å². The molecule has 2 aliphatic rings. The summed E-state index contributed by atoms with van der Waals surface area (Å²) in [4.78, 5) is 52.7. The minimum Gasteiger partial charge on any atom is -0.459 e. The SMILES string of the molecule is O=C(NCCN1C(=O)S/C(=C\c2ccc(F)cc2)C1=O)[C@@H]1CCCN1C(=O)c1ccco1. The quantitative estimate of drug-likeness (QED) is 0.670. The van der Waals surface area contributed by atoms with E-state index in [1.807, 2.05) is 0 Å². The van der Waals surface area contributed by atoms with Crippen LogP contribution in [0, 0.1) is 5.82 Å². The number of thioether (sulfide) groups is 1. The number of imide groups is 1. The van der Waals surface area contributed by atoms with E-state index in [1.54, 1.807) is 12.1 Å². The van der Waals surface area contributed by atoms with Gasteiger partial charge in [0.2, 0.25) is 5.91 Å². The first-order valence-electron chi connectivity index (χ1n) is 10.1. The van der Waals surface area contributed by atoms with Crippen LogP contribution in [0.1, 0.15) is 29.0 Å². The number of carbonyl (C=O) groups is 4. The molecular formula is C22H20FN3O5S. The average molecular weight is 457 g/mol. The van der Waals surface area contributed by atoms with Gasteiger partial charge in [0.1, 0.15) is 11.9 Å². The first-order valence-corrected chi connectivity index (χ1v) is 10.9. The van der Waals surface area contributed by atoms with Crippen LogP contribution in [-0.4, -0.2) is 58.4 Å². The minimum absolute atomic E-state index is 0.00994. The van der Waals surface area contributed by atoms with Crippen LogP contribution in [0.25, 0.3) is 6.08 Å². The fourth-order valence-electron chi connectivity index (χ4n) is 3.64. The van der Waals surface area contributed by atoms with Gasteiger partial charge in [-0.2, -0.15) is 0 Å². The average Bonchev–Trinajstić information content (AvgIpc) is 3.53. The second-order valence-electron chi connectivity index (χ2n) is 7.31. The van der Waals surface area contributed by atoms with Crippen molar-refractivity contribution >= 4 is 40.8 Å². The lowest BCUT2D eigenvalue weighted by Crippen LogP contribution is -2.47. The summed E-state index contributed by atoms with van der Waals surface area (Å²) in [6, 6.07) is 8.11. The van der Waals surface area contributed by atoms with E-state index in [1.165, 1.54) is 41.5 Å². The third-order valence-electron chi connectivity index (χ3n) is 5.22. The summed E-state index contributed by atoms with van der Waals surface area (Å²) in [7, 11) is 0. The molecule has 2 saturated heterocycles. The molecule has 10 heteroatoms. The Morgan fingerprint density at radius 2 is 2.00 bits per heavy atom. The van der Waals surface area contributed by atoms with Gasteiger partial charge in [-0.3, -0.25) is 24.1 Å². The van der Waals surface area contributed by atoms with Crippen LogP contribution in [0.5, 0.6) is 0 Å². The molecule has 0 spiro atoms. The Hall–Kier alpha value is -3.40. The highest BCUT2D eigenvalue weighted by atomic mass is 32.2. The zero-order valence-electron chi connectivity index (χ0n) is 17.0. The summed E-state index contributed by atoms with van der Waals surface area (Å²) in [6.45, 7) is 0.533. The number of halogens is 1. The molecule has 4 rings (SSSR count). The molecule has 0 radical (unpaired) electrons. The number of furan rings is 1. The van der Waals surface area contributed by atoms with Crippen molar-refractivity contribution in [1.29, 1.82) is 0 Å². The number of likely N-dealkylation sites (tertiary alicyclic amines) is 1. The number of carbonyl (C=O) groups excluding carboxylic acids is 4. The predicted molar refractivity (Wildman–Crippen MR) is 115 cm³/mol. The highest BCUT2D eigenvalue weighted by molar-refractivity contribution is 8.18. The van der Waals surface area contributed by atoms with Gasteiger partial charge >= 0.3 is 0 Å². The van der Waals surface area contributed by atoms with Gasteiger partial charge in [-0.25, -0.2) is 4.39 Å². The Balaban J connectivity index is 1.32. The van der Waals surface area contributed by atoms with Gasteiger partial charge < -0.3 is 14.6 Å². The molecule has 1 aromatic heterocycles. The van der Waals surface area contributed by atoms with Gasteiger partial charge in [-0.15, -0.1) is 0 Å². The van der Waals surface area contributed by atoms with Crippen molar-refractivity contribution < 1.29 is 28.0 Å². The fraction of sp³-hybridized carbons (Fsp3) is 0.273. The van der Waals surface area contributed by atoms with E-state index in [0.717, 1.165) is 16.7 Å². The summed E-state index contributed by atoms with van der Waals surface area (Å²) in [5.41, 5.74) is 0.604. The zero-order valence-corrected chi connectivity index (χ0v) is 17.8. The second-order valence-corrected chi connectivity index (χ2v) is 8.30. The molecule has 0 unspecified atom stereocenters. The number of rotatable bonds is 6. The molecule has 0 aliphatic carbocycles. The van der Waals surface area contributed by atoms with Crippen molar-refractivity contribution in [3.05, 3.63) is 64.7 Å². The molecule has 3 heterocycles. The van der Waals surface area contributed by atoms with Crippen molar-refractivity contribution in [2.24, 2.45) is 0 Å². The number of benzene rings is 1. The second kappa shape index (κ2) is 9.39. The molecule has 8 nitrogen and oxygen atoms in total. The van der Waals surface area contributed by atoms with Gasteiger partial charge in [-0.1, -0.05) is 12.1 Å². The van der Waals surface area contributed by atoms with Gasteiger partial charge in [0.05, 0.1) is 11.2 Å². The van der Waals surface area contributed by atoms with E-state index in [-0.39, 0.29) is 35.6 Å². The van der Waals surface area contributed by atoms with Crippen LogP contribution < -0.4 is 5.32 Å². The molecule has 4 amide bonds. The maximum absolute atomic E-state index is 13.0. The van der Waals surface area contributed by atoms with Gasteiger partial charge in [0.15, 0.2) is 5.76 Å². The number of nitrogens with one attached hydrogen (secondary N) is 1. The van der Waals surface area contributed by atoms with E-state index in [9.17, 15) is 23.6 Å². The molecular weight excluding hydrogens is 437 g/mol. The van der Waals surface area contributed by atoms with E-state index >= 15 is 0 Å². The Labute approximate surface area is 187 Å². The summed E-state index contributed by atoms with van der Waals surface area (Å²) >= 11 is 0.797. The summed E-state index contributed by atoms with van der Waals surface area (Å²) in [5, 5.41) is 2.28. The Kier molecular flexibility index (Phi) is 6.40. The molecule has 2 aliphatic heterocycles. The van der Waals surface area contributed by atoms with Crippen LogP contribution in [0.3, 0.4) is 0 Å². The smallest absolute Gasteiger partial charge is 0.293 e. The first kappa shape index (κ1) is 21.8. The van der Waals surface area contributed by atoms with Crippen LogP contribution in [0.4, 0.5) is 9.18 Å². The van der Waals surface area contributed by atoms with Crippen molar-refractivity contribution in [3.8, 4) is 0 Å². The Morgan fingerprint density at radius 3 is 2.72 bits per heavy atom. The topological polar surface area (TPSA) is 99.9 Å². The molecule has 2 fully saturated rings. The largest absolute Gasteiger partial charge is 0.459 e. The molecule has 2 aromatic rings. The highest BCUT2D eigenvalue weighted by Gasteiger charge is 2.37. The maximum Gasteiger partial charge on any atom is 0.293 e. The maximum atomic E-state index is 13.0. The molecule has 0 bridgehead atoms. The summed E-state index contributed by atoms with van der Waals surface area (Å²) < 4.78 is 18.2. The van der Waals surface area contributed by atoms with E-state index in [0.29, 0.717) is 24.9 Å². The number of amides is 4. The standard InChI is InChI=1S/C22H20FN3O5S/c23-15-7-5-14(6-8-15)13-18-21(29)26(22(30)32-18)11-9-24-19(27)16-3-1-10-25(16)20(28)17-4-2-12-31-17/h2,4-8,12-13,16H,1,3,9-11H2,(H,24,27)/b18-13-/t16-/m0/s1. The third kappa shape index (κ3) is 4.59. The molecule has 166 valence electrons. The fourth-order valence-corrected chi connectivity index (χ4v) is 4.50. The normalized spacial score (nSPS) is 19.8. The summed E-state index contributed by atoms with van der Waals surface area (Å²) in [6.07, 6.45) is 4.15. The molecule has 1 atom stereocenters. The van der Waals surface area contributed by atoms with E-state index in [4.69, 9.17) is 4.42 Å². The van der Waals surface area contributed by atoms with Crippen LogP contribution >= 0.6 is 11.8 Å². The first-order chi connectivity index (χ1) is 15.4. The van der Waals surface area contributed by atoms with Crippen LogP contribution in [-0.2, 0) is 9.59 Å². The Bertz CT molecular complexity index is 1070. The van der Waals surface area contributed by atoms with Gasteiger partial charge in [0, 0.05) is 19.6 Å². The van der Waals surface area contributed by atoms with Crippen molar-refractivity contribution in [2.45, 2.75) is 18.9 Å². The predicted octanol–water partition coefficient (Wildman–Crippen LogP) is 2.88.